The van der Waals surface area contributed by atoms with E-state index in [0.29, 0.717) is 10.6 Å². The third-order valence-electron chi connectivity index (χ3n) is 3.20. The molecule has 0 bridgehead atoms. The average molecular weight is 355 g/mol. The molecule has 0 fully saturated rings. The first-order valence-corrected chi connectivity index (χ1v) is 8.79. The number of hydrogen-bond acceptors (Lipinski definition) is 4. The van der Waals surface area contributed by atoms with Crippen molar-refractivity contribution in [3.8, 4) is 0 Å². The minimum Gasteiger partial charge on any atom is -0.258 e. The van der Waals surface area contributed by atoms with Crippen LogP contribution >= 0.6 is 11.6 Å². The second-order valence-corrected chi connectivity index (χ2v) is 7.27. The lowest BCUT2D eigenvalue weighted by molar-refractivity contribution is -0.384. The number of benzene rings is 2. The second kappa shape index (κ2) is 7.08. The van der Waals surface area contributed by atoms with E-state index in [1.165, 1.54) is 18.2 Å². The van der Waals surface area contributed by atoms with E-state index in [1.54, 1.807) is 37.3 Å². The summed E-state index contributed by atoms with van der Waals surface area (Å²) in [5.41, 5.74) is 0.996. The third kappa shape index (κ3) is 5.02. The Hall–Kier alpha value is -1.96. The molecule has 122 valence electrons. The van der Waals surface area contributed by atoms with E-state index >= 15 is 0 Å². The molecule has 0 aliphatic rings. The quantitative estimate of drug-likeness (QED) is 0.635. The lowest BCUT2D eigenvalue weighted by Gasteiger charge is -2.14. The Morgan fingerprint density at radius 3 is 2.48 bits per heavy atom. The van der Waals surface area contributed by atoms with Crippen molar-refractivity contribution in [2.45, 2.75) is 18.7 Å². The van der Waals surface area contributed by atoms with Crippen molar-refractivity contribution in [1.29, 1.82) is 0 Å². The van der Waals surface area contributed by atoms with Crippen LogP contribution in [-0.4, -0.2) is 13.3 Å². The largest absolute Gasteiger partial charge is 0.269 e. The van der Waals surface area contributed by atoms with Gasteiger partial charge in [0.1, 0.15) is 0 Å². The highest BCUT2D eigenvalue weighted by Gasteiger charge is 2.18. The van der Waals surface area contributed by atoms with Gasteiger partial charge in [0.2, 0.25) is 10.0 Å². The fraction of sp³-hybridized carbons (Fsp3) is 0.200. The minimum atomic E-state index is -3.64. The Balaban J connectivity index is 2.11. The molecule has 0 spiro atoms. The number of rotatable bonds is 6. The van der Waals surface area contributed by atoms with Gasteiger partial charge in [-0.1, -0.05) is 35.9 Å². The zero-order valence-corrected chi connectivity index (χ0v) is 13.8. The monoisotopic (exact) mass is 354 g/mol. The minimum absolute atomic E-state index is 0.136. The SMILES string of the molecule is C[C@H](NS(=O)(=O)Cc1cccc([N+](=O)[O-])c1)c1ccc(Cl)cc1. The van der Waals surface area contributed by atoms with E-state index in [0.717, 1.165) is 5.56 Å². The van der Waals surface area contributed by atoms with E-state index in [9.17, 15) is 18.5 Å². The Bertz CT molecular complexity index is 806. The van der Waals surface area contributed by atoms with E-state index in [1.807, 2.05) is 0 Å². The molecular formula is C15H15ClN2O4S. The molecule has 0 unspecified atom stereocenters. The summed E-state index contributed by atoms with van der Waals surface area (Å²) in [4.78, 5) is 10.2. The fourth-order valence-corrected chi connectivity index (χ4v) is 3.61. The van der Waals surface area contributed by atoms with Crippen LogP contribution < -0.4 is 4.72 Å². The number of nitrogens with one attached hydrogen (secondary N) is 1. The van der Waals surface area contributed by atoms with Crippen molar-refractivity contribution >= 4 is 27.3 Å². The summed E-state index contributed by atoms with van der Waals surface area (Å²) in [6.45, 7) is 1.72. The first kappa shape index (κ1) is 17.4. The molecule has 0 aliphatic heterocycles. The number of nitro groups is 1. The second-order valence-electron chi connectivity index (χ2n) is 5.08. The summed E-state index contributed by atoms with van der Waals surface area (Å²) in [6, 6.07) is 12.0. The van der Waals surface area contributed by atoms with Crippen LogP contribution in [0.2, 0.25) is 5.02 Å². The van der Waals surface area contributed by atoms with Gasteiger partial charge in [-0.25, -0.2) is 13.1 Å². The highest BCUT2D eigenvalue weighted by Crippen LogP contribution is 2.19. The maximum atomic E-state index is 12.2. The highest BCUT2D eigenvalue weighted by molar-refractivity contribution is 7.88. The molecule has 2 aromatic rings. The van der Waals surface area contributed by atoms with Crippen molar-refractivity contribution in [1.82, 2.24) is 4.72 Å². The first-order chi connectivity index (χ1) is 10.8. The predicted molar refractivity (Wildman–Crippen MR) is 88.7 cm³/mol. The van der Waals surface area contributed by atoms with Crippen LogP contribution in [0.3, 0.4) is 0 Å². The molecule has 1 N–H and O–H groups in total. The van der Waals surface area contributed by atoms with E-state index in [-0.39, 0.29) is 11.4 Å². The van der Waals surface area contributed by atoms with Gasteiger partial charge in [0.05, 0.1) is 10.7 Å². The van der Waals surface area contributed by atoms with Crippen LogP contribution in [0.4, 0.5) is 5.69 Å². The van der Waals surface area contributed by atoms with E-state index in [2.05, 4.69) is 4.72 Å². The van der Waals surface area contributed by atoms with Crippen LogP contribution in [0.1, 0.15) is 24.1 Å². The lowest BCUT2D eigenvalue weighted by Crippen LogP contribution is -2.28. The van der Waals surface area contributed by atoms with Crippen LogP contribution in [0.5, 0.6) is 0 Å². The van der Waals surface area contributed by atoms with Crippen LogP contribution in [0.25, 0.3) is 0 Å². The summed E-state index contributed by atoms with van der Waals surface area (Å²) in [5, 5.41) is 11.3. The molecule has 1 atom stereocenters. The first-order valence-electron chi connectivity index (χ1n) is 6.75. The van der Waals surface area contributed by atoms with Crippen LogP contribution in [0, 0.1) is 10.1 Å². The number of nitrogens with zero attached hydrogens (tertiary/aromatic N) is 1. The van der Waals surface area contributed by atoms with Gasteiger partial charge >= 0.3 is 0 Å². The topological polar surface area (TPSA) is 89.3 Å². The molecule has 0 aromatic heterocycles. The standard InChI is InChI=1S/C15H15ClN2O4S/c1-11(13-5-7-14(16)8-6-13)17-23(21,22)10-12-3-2-4-15(9-12)18(19)20/h2-9,11,17H,10H2,1H3/t11-/m0/s1. The summed E-state index contributed by atoms with van der Waals surface area (Å²) in [6.07, 6.45) is 0. The number of nitro benzene ring substituents is 1. The zero-order chi connectivity index (χ0) is 17.0. The normalized spacial score (nSPS) is 12.8. The van der Waals surface area contributed by atoms with Crippen molar-refractivity contribution < 1.29 is 13.3 Å². The molecule has 0 amide bonds. The number of non-ortho nitro benzene ring substituents is 1. The van der Waals surface area contributed by atoms with Crippen molar-refractivity contribution in [3.05, 3.63) is 74.8 Å². The molecule has 0 saturated carbocycles. The highest BCUT2D eigenvalue weighted by atomic mass is 35.5. The van der Waals surface area contributed by atoms with Gasteiger partial charge in [-0.3, -0.25) is 10.1 Å². The molecule has 2 aromatic carbocycles. The lowest BCUT2D eigenvalue weighted by atomic mass is 10.1. The molecule has 0 heterocycles. The number of halogens is 1. The van der Waals surface area contributed by atoms with Gasteiger partial charge in [0, 0.05) is 23.2 Å². The van der Waals surface area contributed by atoms with Crippen molar-refractivity contribution in [3.63, 3.8) is 0 Å². The maximum absolute atomic E-state index is 12.2. The molecule has 6 nitrogen and oxygen atoms in total. The molecule has 0 aliphatic carbocycles. The molecule has 23 heavy (non-hydrogen) atoms. The number of hydrogen-bond donors (Lipinski definition) is 1. The fourth-order valence-electron chi connectivity index (χ4n) is 2.11. The molecule has 0 saturated heterocycles. The van der Waals surface area contributed by atoms with E-state index in [4.69, 9.17) is 11.6 Å². The molecule has 8 heteroatoms. The Morgan fingerprint density at radius 2 is 1.87 bits per heavy atom. The summed E-state index contributed by atoms with van der Waals surface area (Å²) in [7, 11) is -3.64. The molecule has 0 radical (unpaired) electrons. The Morgan fingerprint density at radius 1 is 1.22 bits per heavy atom. The number of sulfonamides is 1. The third-order valence-corrected chi connectivity index (χ3v) is 4.88. The summed E-state index contributed by atoms with van der Waals surface area (Å²) >= 11 is 5.80. The molecule has 2 rings (SSSR count). The Kier molecular flexibility index (Phi) is 5.35. The van der Waals surface area contributed by atoms with Gasteiger partial charge in [-0.05, 0) is 30.2 Å². The van der Waals surface area contributed by atoms with Crippen molar-refractivity contribution in [2.75, 3.05) is 0 Å². The zero-order valence-electron chi connectivity index (χ0n) is 12.3. The predicted octanol–water partition coefficient (Wildman–Crippen LogP) is 3.43. The van der Waals surface area contributed by atoms with Crippen LogP contribution in [-0.2, 0) is 15.8 Å². The van der Waals surface area contributed by atoms with Gasteiger partial charge in [0.15, 0.2) is 0 Å². The summed E-state index contributed by atoms with van der Waals surface area (Å²) < 4.78 is 27.0. The van der Waals surface area contributed by atoms with Gasteiger partial charge in [0.25, 0.3) is 5.69 Å². The molecular weight excluding hydrogens is 340 g/mol. The van der Waals surface area contributed by atoms with Gasteiger partial charge in [-0.15, -0.1) is 0 Å². The van der Waals surface area contributed by atoms with Crippen LogP contribution in [0.15, 0.2) is 48.5 Å². The average Bonchev–Trinajstić information content (AvgIpc) is 2.47. The van der Waals surface area contributed by atoms with Gasteiger partial charge < -0.3 is 0 Å². The van der Waals surface area contributed by atoms with Gasteiger partial charge in [-0.2, -0.15) is 0 Å². The smallest absolute Gasteiger partial charge is 0.258 e. The Labute approximate surface area is 139 Å². The van der Waals surface area contributed by atoms with Crippen molar-refractivity contribution in [2.24, 2.45) is 0 Å². The maximum Gasteiger partial charge on any atom is 0.269 e. The summed E-state index contributed by atoms with van der Waals surface area (Å²) in [5.74, 6) is -0.327. The van der Waals surface area contributed by atoms with E-state index < -0.39 is 21.0 Å².